The number of methoxy groups -OCH3 is 2. The van der Waals surface area contributed by atoms with Gasteiger partial charge in [-0.25, -0.2) is 4.98 Å². The van der Waals surface area contributed by atoms with Crippen LogP contribution in [-0.2, 0) is 0 Å². The first-order valence-corrected chi connectivity index (χ1v) is 9.17. The molecule has 0 saturated carbocycles. The topological polar surface area (TPSA) is 76.2 Å². The number of hydrogen-bond acceptors (Lipinski definition) is 4. The molecule has 1 amide bonds. The van der Waals surface area contributed by atoms with Crippen LogP contribution in [0.15, 0.2) is 60.7 Å². The second-order valence-corrected chi connectivity index (χ2v) is 6.74. The molecule has 0 aliphatic heterocycles. The van der Waals surface area contributed by atoms with Crippen LogP contribution in [0.1, 0.15) is 15.9 Å². The maximum absolute atomic E-state index is 12.6. The van der Waals surface area contributed by atoms with Crippen molar-refractivity contribution in [3.63, 3.8) is 0 Å². The lowest BCUT2D eigenvalue weighted by atomic mass is 10.1. The average molecular weight is 387 g/mol. The van der Waals surface area contributed by atoms with E-state index < -0.39 is 0 Å². The SMILES string of the molecule is COc1cc(OC)cc(C(=O)Nc2ccc(-c3nc4ccc(C)cc4[nH]3)cc2)c1. The molecule has 0 saturated heterocycles. The van der Waals surface area contributed by atoms with E-state index in [1.165, 1.54) is 5.56 Å². The van der Waals surface area contributed by atoms with Crippen molar-refractivity contribution in [2.75, 3.05) is 19.5 Å². The van der Waals surface area contributed by atoms with Crippen LogP contribution in [-0.4, -0.2) is 30.1 Å². The molecule has 4 aromatic rings. The number of anilines is 1. The van der Waals surface area contributed by atoms with Crippen LogP contribution in [0.4, 0.5) is 5.69 Å². The van der Waals surface area contributed by atoms with Crippen molar-refractivity contribution in [2.45, 2.75) is 6.92 Å². The van der Waals surface area contributed by atoms with E-state index in [0.717, 1.165) is 22.4 Å². The van der Waals surface area contributed by atoms with E-state index >= 15 is 0 Å². The fraction of sp³-hybridized carbons (Fsp3) is 0.130. The number of amides is 1. The number of benzene rings is 3. The van der Waals surface area contributed by atoms with Gasteiger partial charge in [-0.15, -0.1) is 0 Å². The van der Waals surface area contributed by atoms with E-state index in [2.05, 4.69) is 28.3 Å². The lowest BCUT2D eigenvalue weighted by molar-refractivity contribution is 0.102. The van der Waals surface area contributed by atoms with E-state index in [0.29, 0.717) is 22.7 Å². The lowest BCUT2D eigenvalue weighted by Crippen LogP contribution is -2.12. The Labute approximate surface area is 168 Å². The van der Waals surface area contributed by atoms with Crippen molar-refractivity contribution in [3.8, 4) is 22.9 Å². The van der Waals surface area contributed by atoms with Crippen molar-refractivity contribution < 1.29 is 14.3 Å². The van der Waals surface area contributed by atoms with Gasteiger partial charge in [0.1, 0.15) is 17.3 Å². The molecular formula is C23H21N3O3. The van der Waals surface area contributed by atoms with E-state index in [9.17, 15) is 4.79 Å². The van der Waals surface area contributed by atoms with Crippen LogP contribution in [0.3, 0.4) is 0 Å². The monoisotopic (exact) mass is 387 g/mol. The number of ether oxygens (including phenoxy) is 2. The molecule has 0 bridgehead atoms. The summed E-state index contributed by atoms with van der Waals surface area (Å²) in [4.78, 5) is 20.6. The summed E-state index contributed by atoms with van der Waals surface area (Å²) in [5.41, 5.74) is 5.20. The van der Waals surface area contributed by atoms with Gasteiger partial charge in [0.2, 0.25) is 0 Å². The Morgan fingerprint density at radius 3 is 2.28 bits per heavy atom. The fourth-order valence-corrected chi connectivity index (χ4v) is 3.11. The van der Waals surface area contributed by atoms with Gasteiger partial charge in [0.05, 0.1) is 25.3 Å². The number of carbonyl (C=O) groups is 1. The Balaban J connectivity index is 1.54. The van der Waals surface area contributed by atoms with Crippen LogP contribution in [0.2, 0.25) is 0 Å². The number of aryl methyl sites for hydroxylation is 1. The van der Waals surface area contributed by atoms with Crippen LogP contribution in [0, 0.1) is 6.92 Å². The first-order chi connectivity index (χ1) is 14.1. The number of rotatable bonds is 5. The van der Waals surface area contributed by atoms with E-state index in [-0.39, 0.29) is 5.91 Å². The lowest BCUT2D eigenvalue weighted by Gasteiger charge is -2.09. The third-order valence-corrected chi connectivity index (χ3v) is 4.67. The van der Waals surface area contributed by atoms with E-state index in [1.807, 2.05) is 36.4 Å². The first-order valence-electron chi connectivity index (χ1n) is 9.17. The highest BCUT2D eigenvalue weighted by Gasteiger charge is 2.11. The van der Waals surface area contributed by atoms with Gasteiger partial charge >= 0.3 is 0 Å². The number of H-pyrrole nitrogens is 1. The van der Waals surface area contributed by atoms with Crippen molar-refractivity contribution >= 4 is 22.6 Å². The largest absolute Gasteiger partial charge is 0.497 e. The number of imidazole rings is 1. The normalized spacial score (nSPS) is 10.7. The molecule has 1 aromatic heterocycles. The van der Waals surface area contributed by atoms with Gasteiger partial charge in [-0.2, -0.15) is 0 Å². The maximum atomic E-state index is 12.6. The minimum Gasteiger partial charge on any atom is -0.497 e. The molecule has 0 radical (unpaired) electrons. The second kappa shape index (κ2) is 7.67. The standard InChI is InChI=1S/C23H21N3O3/c1-14-4-9-20-21(10-14)26-22(25-20)15-5-7-17(8-6-15)24-23(27)16-11-18(28-2)13-19(12-16)29-3/h4-13H,1-3H3,(H,24,27)(H,25,26). The molecule has 0 fully saturated rings. The molecule has 146 valence electrons. The molecule has 6 nitrogen and oxygen atoms in total. The third-order valence-electron chi connectivity index (χ3n) is 4.67. The minimum absolute atomic E-state index is 0.242. The van der Waals surface area contributed by atoms with E-state index in [1.54, 1.807) is 32.4 Å². The molecule has 0 aliphatic rings. The number of hydrogen-bond donors (Lipinski definition) is 2. The number of carbonyl (C=O) groups excluding carboxylic acids is 1. The van der Waals surface area contributed by atoms with Gasteiger partial charge in [-0.3, -0.25) is 4.79 Å². The number of aromatic amines is 1. The van der Waals surface area contributed by atoms with Crippen LogP contribution < -0.4 is 14.8 Å². The highest BCUT2D eigenvalue weighted by Crippen LogP contribution is 2.25. The molecule has 6 heteroatoms. The minimum atomic E-state index is -0.242. The van der Waals surface area contributed by atoms with Crippen molar-refractivity contribution in [2.24, 2.45) is 0 Å². The molecule has 3 aromatic carbocycles. The number of fused-ring (bicyclic) bond motifs is 1. The summed E-state index contributed by atoms with van der Waals surface area (Å²) in [5, 5.41) is 2.89. The summed E-state index contributed by atoms with van der Waals surface area (Å²) < 4.78 is 10.4. The third kappa shape index (κ3) is 3.91. The van der Waals surface area contributed by atoms with E-state index in [4.69, 9.17) is 9.47 Å². The molecule has 0 aliphatic carbocycles. The summed E-state index contributed by atoms with van der Waals surface area (Å²) in [5.74, 6) is 1.67. The zero-order valence-electron chi connectivity index (χ0n) is 16.4. The Kier molecular flexibility index (Phi) is 4.91. The number of nitrogens with zero attached hydrogens (tertiary/aromatic N) is 1. The van der Waals surface area contributed by atoms with Crippen molar-refractivity contribution in [1.29, 1.82) is 0 Å². The molecule has 4 rings (SSSR count). The Hall–Kier alpha value is -3.80. The predicted molar refractivity (Wildman–Crippen MR) is 114 cm³/mol. The van der Waals surface area contributed by atoms with Gasteiger partial charge in [0.15, 0.2) is 0 Å². The smallest absolute Gasteiger partial charge is 0.255 e. The number of nitrogens with one attached hydrogen (secondary N) is 2. The quantitative estimate of drug-likeness (QED) is 0.515. The van der Waals surface area contributed by atoms with Crippen molar-refractivity contribution in [1.82, 2.24) is 9.97 Å². The van der Waals surface area contributed by atoms with Crippen LogP contribution in [0.25, 0.3) is 22.4 Å². The molecule has 0 spiro atoms. The summed E-state index contributed by atoms with van der Waals surface area (Å²) in [6, 6.07) is 18.7. The first kappa shape index (κ1) is 18.6. The van der Waals surface area contributed by atoms with Gasteiger partial charge in [0, 0.05) is 22.9 Å². The highest BCUT2D eigenvalue weighted by atomic mass is 16.5. The molecule has 29 heavy (non-hydrogen) atoms. The second-order valence-electron chi connectivity index (χ2n) is 6.74. The van der Waals surface area contributed by atoms with Gasteiger partial charge in [-0.1, -0.05) is 6.07 Å². The van der Waals surface area contributed by atoms with Gasteiger partial charge in [-0.05, 0) is 61.0 Å². The van der Waals surface area contributed by atoms with Crippen LogP contribution >= 0.6 is 0 Å². The van der Waals surface area contributed by atoms with Gasteiger partial charge in [0.25, 0.3) is 5.91 Å². The summed E-state index contributed by atoms with van der Waals surface area (Å²) >= 11 is 0. The summed E-state index contributed by atoms with van der Waals surface area (Å²) in [7, 11) is 3.10. The average Bonchev–Trinajstić information content (AvgIpc) is 3.17. The Morgan fingerprint density at radius 2 is 1.62 bits per heavy atom. The number of aromatic nitrogens is 2. The zero-order chi connectivity index (χ0) is 20.4. The molecular weight excluding hydrogens is 366 g/mol. The molecule has 2 N–H and O–H groups in total. The fourth-order valence-electron chi connectivity index (χ4n) is 3.11. The molecule has 0 atom stereocenters. The molecule has 0 unspecified atom stereocenters. The highest BCUT2D eigenvalue weighted by molar-refractivity contribution is 6.04. The Bertz CT molecular complexity index is 1160. The van der Waals surface area contributed by atoms with Crippen LogP contribution in [0.5, 0.6) is 11.5 Å². The molecule has 1 heterocycles. The zero-order valence-corrected chi connectivity index (χ0v) is 16.4. The maximum Gasteiger partial charge on any atom is 0.255 e. The summed E-state index contributed by atoms with van der Waals surface area (Å²) in [6.45, 7) is 2.05. The Morgan fingerprint density at radius 1 is 0.931 bits per heavy atom. The predicted octanol–water partition coefficient (Wildman–Crippen LogP) is 4.81. The van der Waals surface area contributed by atoms with Gasteiger partial charge < -0.3 is 19.8 Å². The summed E-state index contributed by atoms with van der Waals surface area (Å²) in [6.07, 6.45) is 0. The van der Waals surface area contributed by atoms with Crippen molar-refractivity contribution in [3.05, 3.63) is 71.8 Å².